The molecule has 0 saturated carbocycles. The molecule has 3 N–H and O–H groups in total. The van der Waals surface area contributed by atoms with Gasteiger partial charge in [0.15, 0.2) is 0 Å². The van der Waals surface area contributed by atoms with Crippen LogP contribution in [0.15, 0.2) is 30.3 Å². The Kier molecular flexibility index (Phi) is 11.0. The third-order valence-corrected chi connectivity index (χ3v) is 3.45. The number of benzene rings is 1. The van der Waals surface area contributed by atoms with E-state index in [0.717, 1.165) is 32.1 Å². The fourth-order valence-electron chi connectivity index (χ4n) is 2.28. The van der Waals surface area contributed by atoms with Crippen molar-refractivity contribution in [2.24, 2.45) is 5.73 Å². The molecular weight excluding hydrogens is 284 g/mol. The molecule has 0 aliphatic carbocycles. The van der Waals surface area contributed by atoms with Crippen molar-refractivity contribution >= 4 is 18.3 Å². The van der Waals surface area contributed by atoms with E-state index in [0.29, 0.717) is 6.42 Å². The van der Waals surface area contributed by atoms with Crippen molar-refractivity contribution in [1.29, 1.82) is 0 Å². The van der Waals surface area contributed by atoms with Gasteiger partial charge in [0.1, 0.15) is 0 Å². The van der Waals surface area contributed by atoms with Gasteiger partial charge in [-0.15, -0.1) is 12.4 Å². The zero-order valence-electron chi connectivity index (χ0n) is 13.2. The maximum atomic E-state index is 11.9. The molecule has 1 aromatic carbocycles. The van der Waals surface area contributed by atoms with Gasteiger partial charge in [-0.1, -0.05) is 43.7 Å². The highest BCUT2D eigenvalue weighted by Gasteiger charge is 2.12. The second-order valence-electron chi connectivity index (χ2n) is 5.59. The molecule has 2 unspecified atom stereocenters. The maximum Gasteiger partial charge on any atom is 0.220 e. The highest BCUT2D eigenvalue weighted by Crippen LogP contribution is 2.09. The van der Waals surface area contributed by atoms with Crippen LogP contribution in [0.3, 0.4) is 0 Å². The molecule has 0 spiro atoms. The van der Waals surface area contributed by atoms with Crippen molar-refractivity contribution in [3.05, 3.63) is 35.9 Å². The van der Waals surface area contributed by atoms with Crippen LogP contribution in [0.4, 0.5) is 0 Å². The first kappa shape index (κ1) is 19.9. The summed E-state index contributed by atoms with van der Waals surface area (Å²) in [6.07, 6.45) is 5.43. The minimum atomic E-state index is 0. The smallest absolute Gasteiger partial charge is 0.220 e. The van der Waals surface area contributed by atoms with Crippen LogP contribution >= 0.6 is 12.4 Å². The number of carbonyl (C=O) groups is 1. The molecule has 1 amide bonds. The Hall–Kier alpha value is -1.06. The number of hydrogen-bond acceptors (Lipinski definition) is 2. The van der Waals surface area contributed by atoms with E-state index in [1.165, 1.54) is 5.56 Å². The minimum absolute atomic E-state index is 0. The van der Waals surface area contributed by atoms with Crippen molar-refractivity contribution in [3.8, 4) is 0 Å². The number of aryl methyl sites for hydroxylation is 1. The van der Waals surface area contributed by atoms with Gasteiger partial charge in [0.25, 0.3) is 0 Å². The molecule has 3 nitrogen and oxygen atoms in total. The molecule has 1 rings (SSSR count). The molecule has 0 heterocycles. The van der Waals surface area contributed by atoms with Gasteiger partial charge in [-0.25, -0.2) is 0 Å². The number of rotatable bonds is 9. The van der Waals surface area contributed by atoms with E-state index in [-0.39, 0.29) is 30.4 Å². The fourth-order valence-corrected chi connectivity index (χ4v) is 2.28. The monoisotopic (exact) mass is 312 g/mol. The van der Waals surface area contributed by atoms with Gasteiger partial charge in [-0.05, 0) is 38.2 Å². The van der Waals surface area contributed by atoms with Crippen LogP contribution in [-0.2, 0) is 11.2 Å². The Morgan fingerprint density at radius 2 is 1.86 bits per heavy atom. The molecule has 0 aromatic heterocycles. The van der Waals surface area contributed by atoms with Crippen LogP contribution in [0, 0.1) is 0 Å². The normalized spacial score (nSPS) is 13.1. The third-order valence-electron chi connectivity index (χ3n) is 3.45. The topological polar surface area (TPSA) is 55.1 Å². The summed E-state index contributed by atoms with van der Waals surface area (Å²) in [6, 6.07) is 10.8. The molecule has 1 aromatic rings. The number of hydrogen-bond donors (Lipinski definition) is 2. The Morgan fingerprint density at radius 1 is 1.19 bits per heavy atom. The minimum Gasteiger partial charge on any atom is -0.353 e. The lowest BCUT2D eigenvalue weighted by molar-refractivity contribution is -0.122. The Morgan fingerprint density at radius 3 is 2.43 bits per heavy atom. The van der Waals surface area contributed by atoms with Gasteiger partial charge in [0.2, 0.25) is 5.91 Å². The molecule has 2 atom stereocenters. The van der Waals surface area contributed by atoms with E-state index in [1.54, 1.807) is 0 Å². The number of halogens is 1. The zero-order valence-corrected chi connectivity index (χ0v) is 14.0. The average Bonchev–Trinajstić information content (AvgIpc) is 2.44. The van der Waals surface area contributed by atoms with Crippen molar-refractivity contribution in [3.63, 3.8) is 0 Å². The van der Waals surface area contributed by atoms with Crippen LogP contribution in [0.25, 0.3) is 0 Å². The van der Waals surface area contributed by atoms with Crippen molar-refractivity contribution < 1.29 is 4.79 Å². The van der Waals surface area contributed by atoms with Gasteiger partial charge < -0.3 is 11.1 Å². The van der Waals surface area contributed by atoms with E-state index in [2.05, 4.69) is 36.5 Å². The van der Waals surface area contributed by atoms with Gasteiger partial charge in [0.05, 0.1) is 0 Å². The van der Waals surface area contributed by atoms with E-state index in [1.807, 2.05) is 13.0 Å². The average molecular weight is 313 g/mol. The summed E-state index contributed by atoms with van der Waals surface area (Å²) in [7, 11) is 0. The van der Waals surface area contributed by atoms with Crippen LogP contribution in [0.1, 0.15) is 51.5 Å². The van der Waals surface area contributed by atoms with Crippen LogP contribution < -0.4 is 11.1 Å². The Bertz CT molecular complexity index is 382. The SMILES string of the molecule is CCCC(CCc1ccccc1)NC(=O)CCC(C)N.Cl. The Labute approximate surface area is 135 Å². The van der Waals surface area contributed by atoms with E-state index < -0.39 is 0 Å². The summed E-state index contributed by atoms with van der Waals surface area (Å²) < 4.78 is 0. The lowest BCUT2D eigenvalue weighted by atomic mass is 10.0. The first-order valence-electron chi connectivity index (χ1n) is 7.70. The van der Waals surface area contributed by atoms with Gasteiger partial charge in [-0.2, -0.15) is 0 Å². The summed E-state index contributed by atoms with van der Waals surface area (Å²) >= 11 is 0. The first-order chi connectivity index (χ1) is 9.61. The van der Waals surface area contributed by atoms with Crippen LogP contribution in [0.2, 0.25) is 0 Å². The second-order valence-corrected chi connectivity index (χ2v) is 5.59. The van der Waals surface area contributed by atoms with Crippen LogP contribution in [-0.4, -0.2) is 18.0 Å². The van der Waals surface area contributed by atoms with Gasteiger partial charge >= 0.3 is 0 Å². The lowest BCUT2D eigenvalue weighted by Gasteiger charge is -2.18. The van der Waals surface area contributed by atoms with E-state index >= 15 is 0 Å². The van der Waals surface area contributed by atoms with Crippen molar-refractivity contribution in [2.45, 2.75) is 64.5 Å². The summed E-state index contributed by atoms with van der Waals surface area (Å²) in [5.41, 5.74) is 7.02. The lowest BCUT2D eigenvalue weighted by Crippen LogP contribution is -2.35. The fraction of sp³-hybridized carbons (Fsp3) is 0.588. The van der Waals surface area contributed by atoms with E-state index in [9.17, 15) is 4.79 Å². The predicted molar refractivity (Wildman–Crippen MR) is 91.7 cm³/mol. The molecule has 0 bridgehead atoms. The maximum absolute atomic E-state index is 11.9. The zero-order chi connectivity index (χ0) is 14.8. The van der Waals surface area contributed by atoms with Gasteiger partial charge in [0, 0.05) is 18.5 Å². The molecule has 0 aliphatic rings. The summed E-state index contributed by atoms with van der Waals surface area (Å²) in [5, 5.41) is 3.15. The number of carbonyl (C=O) groups excluding carboxylic acids is 1. The molecule has 0 fully saturated rings. The summed E-state index contributed by atoms with van der Waals surface area (Å²) in [5.74, 6) is 0.133. The van der Waals surface area contributed by atoms with Crippen molar-refractivity contribution in [2.75, 3.05) is 0 Å². The molecule has 0 aliphatic heterocycles. The highest BCUT2D eigenvalue weighted by atomic mass is 35.5. The third kappa shape index (κ3) is 9.48. The molecule has 0 saturated heterocycles. The second kappa shape index (κ2) is 11.6. The molecule has 4 heteroatoms. The number of nitrogens with two attached hydrogens (primary N) is 1. The van der Waals surface area contributed by atoms with Gasteiger partial charge in [-0.3, -0.25) is 4.79 Å². The molecule has 21 heavy (non-hydrogen) atoms. The Balaban J connectivity index is 0.00000400. The number of nitrogens with one attached hydrogen (secondary N) is 1. The largest absolute Gasteiger partial charge is 0.353 e. The van der Waals surface area contributed by atoms with Crippen LogP contribution in [0.5, 0.6) is 0 Å². The summed E-state index contributed by atoms with van der Waals surface area (Å²) in [6.45, 7) is 4.09. The highest BCUT2D eigenvalue weighted by molar-refractivity contribution is 5.85. The standard InChI is InChI=1S/C17H28N2O.ClH/c1-3-7-16(19-17(20)13-10-14(2)18)12-11-15-8-5-4-6-9-15;/h4-6,8-9,14,16H,3,7,10-13,18H2,1-2H3,(H,19,20);1H. The molecule has 0 radical (unpaired) electrons. The number of amides is 1. The molecular formula is C17H29ClN2O. The summed E-state index contributed by atoms with van der Waals surface area (Å²) in [4.78, 5) is 11.9. The quantitative estimate of drug-likeness (QED) is 0.733. The predicted octanol–water partition coefficient (Wildman–Crippen LogP) is 3.45. The first-order valence-corrected chi connectivity index (χ1v) is 7.70. The van der Waals surface area contributed by atoms with Crippen molar-refractivity contribution in [1.82, 2.24) is 5.32 Å². The molecule has 120 valence electrons. The van der Waals surface area contributed by atoms with E-state index in [4.69, 9.17) is 5.73 Å².